The number of pyridine rings is 2. The zero-order chi connectivity index (χ0) is 21.7. The molecule has 0 spiro atoms. The first-order chi connectivity index (χ1) is 15.7. The van der Waals surface area contributed by atoms with Crippen molar-refractivity contribution in [2.45, 2.75) is 0 Å². The van der Waals surface area contributed by atoms with Crippen molar-refractivity contribution in [3.63, 3.8) is 0 Å². The van der Waals surface area contributed by atoms with Crippen LogP contribution in [-0.4, -0.2) is 30.3 Å². The maximum absolute atomic E-state index is 14.4. The maximum Gasteiger partial charge on any atom is 0.134 e. The lowest BCUT2D eigenvalue weighted by molar-refractivity contribution is 0.473. The van der Waals surface area contributed by atoms with Crippen molar-refractivity contribution in [2.24, 2.45) is 0 Å². The summed E-state index contributed by atoms with van der Waals surface area (Å²) >= 11 is 0. The number of halogens is 1. The first-order valence-electron chi connectivity index (χ1n) is 10.0. The molecule has 0 aliphatic heterocycles. The minimum absolute atomic E-state index is 0.110. The van der Waals surface area contributed by atoms with Gasteiger partial charge < -0.3 is 10.1 Å². The summed E-state index contributed by atoms with van der Waals surface area (Å²) in [6, 6.07) is 18.0. The van der Waals surface area contributed by atoms with Crippen LogP contribution in [0.5, 0.6) is 5.75 Å². The van der Waals surface area contributed by atoms with Gasteiger partial charge in [0.1, 0.15) is 17.3 Å². The number of aromatic hydroxyl groups is 1. The van der Waals surface area contributed by atoms with E-state index in [0.29, 0.717) is 11.3 Å². The van der Waals surface area contributed by atoms with Crippen LogP contribution < -0.4 is 0 Å². The highest BCUT2D eigenvalue weighted by atomic mass is 19.1. The summed E-state index contributed by atoms with van der Waals surface area (Å²) in [7, 11) is 0. The topological polar surface area (TPSA) is 90.5 Å². The van der Waals surface area contributed by atoms with Gasteiger partial charge in [-0.3, -0.25) is 15.1 Å². The van der Waals surface area contributed by atoms with Crippen molar-refractivity contribution in [1.29, 1.82) is 0 Å². The van der Waals surface area contributed by atoms with E-state index in [2.05, 4.69) is 25.1 Å². The van der Waals surface area contributed by atoms with Gasteiger partial charge in [0, 0.05) is 39.8 Å². The van der Waals surface area contributed by atoms with E-state index in [4.69, 9.17) is 0 Å². The molecule has 4 aromatic heterocycles. The number of benzene rings is 2. The monoisotopic (exact) mass is 421 g/mol. The summed E-state index contributed by atoms with van der Waals surface area (Å²) in [5.74, 6) is -0.205. The Labute approximate surface area is 181 Å². The van der Waals surface area contributed by atoms with Gasteiger partial charge in [0.15, 0.2) is 0 Å². The number of aromatic nitrogens is 5. The van der Waals surface area contributed by atoms with Crippen LogP contribution >= 0.6 is 0 Å². The zero-order valence-corrected chi connectivity index (χ0v) is 16.7. The Bertz CT molecular complexity index is 1620. The van der Waals surface area contributed by atoms with Crippen molar-refractivity contribution >= 4 is 21.8 Å². The molecule has 0 aliphatic rings. The third-order valence-electron chi connectivity index (χ3n) is 5.55. The Morgan fingerprint density at radius 2 is 1.69 bits per heavy atom. The van der Waals surface area contributed by atoms with Crippen molar-refractivity contribution in [3.05, 3.63) is 85.1 Å². The van der Waals surface area contributed by atoms with Crippen LogP contribution in [0.2, 0.25) is 0 Å². The summed E-state index contributed by atoms with van der Waals surface area (Å²) in [5.41, 5.74) is 6.01. The van der Waals surface area contributed by atoms with Gasteiger partial charge >= 0.3 is 0 Å². The number of rotatable bonds is 3. The van der Waals surface area contributed by atoms with Gasteiger partial charge in [0.25, 0.3) is 0 Å². The van der Waals surface area contributed by atoms with Crippen molar-refractivity contribution in [2.75, 3.05) is 0 Å². The van der Waals surface area contributed by atoms with Crippen LogP contribution in [0.4, 0.5) is 4.39 Å². The van der Waals surface area contributed by atoms with Crippen LogP contribution in [-0.2, 0) is 0 Å². The predicted molar refractivity (Wildman–Crippen MR) is 121 cm³/mol. The van der Waals surface area contributed by atoms with E-state index in [1.807, 2.05) is 30.3 Å². The molecule has 32 heavy (non-hydrogen) atoms. The zero-order valence-electron chi connectivity index (χ0n) is 16.7. The fourth-order valence-corrected chi connectivity index (χ4v) is 4.03. The SMILES string of the molecule is Oc1cncc(-c2ccc3[nH]nc(-c4cc5c(-c6ccccc6F)nccc5[nH]4)c3c2)c1. The summed E-state index contributed by atoms with van der Waals surface area (Å²) in [6.45, 7) is 0. The van der Waals surface area contributed by atoms with Crippen LogP contribution in [0.3, 0.4) is 0 Å². The first kappa shape index (κ1) is 18.3. The largest absolute Gasteiger partial charge is 0.506 e. The van der Waals surface area contributed by atoms with Crippen LogP contribution in [0, 0.1) is 5.82 Å². The van der Waals surface area contributed by atoms with Gasteiger partial charge in [-0.2, -0.15) is 5.10 Å². The van der Waals surface area contributed by atoms with Crippen LogP contribution in [0.25, 0.3) is 55.6 Å². The van der Waals surface area contributed by atoms with Crippen LogP contribution in [0.1, 0.15) is 0 Å². The molecule has 6 nitrogen and oxygen atoms in total. The molecule has 7 heteroatoms. The average Bonchev–Trinajstić information content (AvgIpc) is 3.43. The van der Waals surface area contributed by atoms with E-state index >= 15 is 0 Å². The van der Waals surface area contributed by atoms with E-state index in [1.165, 1.54) is 12.3 Å². The van der Waals surface area contributed by atoms with Crippen LogP contribution in [0.15, 0.2) is 79.3 Å². The molecule has 2 aromatic carbocycles. The molecule has 0 atom stereocenters. The Morgan fingerprint density at radius 3 is 2.56 bits per heavy atom. The molecular weight excluding hydrogens is 405 g/mol. The summed E-state index contributed by atoms with van der Waals surface area (Å²) in [6.07, 6.45) is 4.77. The minimum atomic E-state index is -0.315. The van der Waals surface area contributed by atoms with Crippen molar-refractivity contribution < 1.29 is 9.50 Å². The molecule has 0 bridgehead atoms. The summed E-state index contributed by atoms with van der Waals surface area (Å²) < 4.78 is 14.4. The van der Waals surface area contributed by atoms with Gasteiger partial charge in [0.2, 0.25) is 0 Å². The average molecular weight is 421 g/mol. The molecule has 0 saturated heterocycles. The lowest BCUT2D eigenvalue weighted by Crippen LogP contribution is -1.87. The number of H-pyrrole nitrogens is 2. The lowest BCUT2D eigenvalue weighted by Gasteiger charge is -2.03. The van der Waals surface area contributed by atoms with Gasteiger partial charge in [0.05, 0.1) is 23.1 Å². The van der Waals surface area contributed by atoms with Gasteiger partial charge in [-0.15, -0.1) is 0 Å². The molecule has 0 radical (unpaired) electrons. The van der Waals surface area contributed by atoms with Gasteiger partial charge in [-0.05, 0) is 48.0 Å². The summed E-state index contributed by atoms with van der Waals surface area (Å²) in [4.78, 5) is 11.9. The number of hydrogen-bond donors (Lipinski definition) is 3. The van der Waals surface area contributed by atoms with E-state index in [-0.39, 0.29) is 11.6 Å². The van der Waals surface area contributed by atoms with E-state index in [1.54, 1.807) is 36.7 Å². The Balaban J connectivity index is 1.52. The lowest BCUT2D eigenvalue weighted by atomic mass is 10.0. The van der Waals surface area contributed by atoms with Gasteiger partial charge in [-0.25, -0.2) is 4.39 Å². The Kier molecular flexibility index (Phi) is 4.01. The third-order valence-corrected chi connectivity index (χ3v) is 5.55. The number of fused-ring (bicyclic) bond motifs is 2. The van der Waals surface area contributed by atoms with E-state index in [9.17, 15) is 9.50 Å². The smallest absolute Gasteiger partial charge is 0.134 e. The number of hydrogen-bond acceptors (Lipinski definition) is 4. The van der Waals surface area contributed by atoms with E-state index < -0.39 is 0 Å². The second-order valence-electron chi connectivity index (χ2n) is 7.55. The molecular formula is C25H16FN5O. The second-order valence-corrected chi connectivity index (χ2v) is 7.55. The molecule has 4 heterocycles. The summed E-state index contributed by atoms with van der Waals surface area (Å²) in [5, 5.41) is 19.1. The molecule has 6 aromatic rings. The molecule has 6 rings (SSSR count). The third kappa shape index (κ3) is 2.91. The number of aromatic amines is 2. The van der Waals surface area contributed by atoms with Gasteiger partial charge in [-0.1, -0.05) is 18.2 Å². The quantitative estimate of drug-likeness (QED) is 0.343. The second kappa shape index (κ2) is 7.02. The molecule has 0 fully saturated rings. The van der Waals surface area contributed by atoms with Crippen molar-refractivity contribution in [3.8, 4) is 39.5 Å². The minimum Gasteiger partial charge on any atom is -0.506 e. The highest BCUT2D eigenvalue weighted by Crippen LogP contribution is 2.35. The Morgan fingerprint density at radius 1 is 0.812 bits per heavy atom. The molecule has 0 saturated carbocycles. The number of nitrogens with one attached hydrogen (secondary N) is 2. The predicted octanol–water partition coefficient (Wildman–Crippen LogP) is 5.68. The molecule has 0 amide bonds. The molecule has 0 aliphatic carbocycles. The molecule has 3 N–H and O–H groups in total. The van der Waals surface area contributed by atoms with E-state index in [0.717, 1.165) is 44.3 Å². The maximum atomic E-state index is 14.4. The fraction of sp³-hybridized carbons (Fsp3) is 0. The first-order valence-corrected chi connectivity index (χ1v) is 10.0. The fourth-order valence-electron chi connectivity index (χ4n) is 4.03. The molecule has 154 valence electrons. The Hall–Kier alpha value is -4.52. The standard InChI is InChI=1S/C25H16FN5O/c26-20-4-2-1-3-17(20)24-19-11-23(29-21(19)7-8-28-24)25-18-10-14(5-6-22(18)30-31-25)15-9-16(32)13-27-12-15/h1-13,29,32H,(H,30,31). The van der Waals surface area contributed by atoms with Crippen molar-refractivity contribution in [1.82, 2.24) is 25.1 Å². The number of nitrogens with zero attached hydrogens (tertiary/aromatic N) is 3. The normalized spacial score (nSPS) is 11.4. The highest BCUT2D eigenvalue weighted by Gasteiger charge is 2.16. The highest BCUT2D eigenvalue weighted by molar-refractivity contribution is 6.00. The molecule has 0 unspecified atom stereocenters.